The quantitative estimate of drug-likeness (QED) is 0.825. The Balaban J connectivity index is 1.68. The number of hydrogen-bond acceptors (Lipinski definition) is 4. The van der Waals surface area contributed by atoms with Crippen molar-refractivity contribution in [1.29, 1.82) is 0 Å². The number of piperidine rings is 2. The van der Waals surface area contributed by atoms with Gasteiger partial charge in [0.1, 0.15) is 0 Å². The maximum Gasteiger partial charge on any atom is 0.236 e. The van der Waals surface area contributed by atoms with Crippen molar-refractivity contribution in [2.45, 2.75) is 50.7 Å². The van der Waals surface area contributed by atoms with E-state index in [9.17, 15) is 4.79 Å². The van der Waals surface area contributed by atoms with Gasteiger partial charge in [-0.1, -0.05) is 0 Å². The van der Waals surface area contributed by atoms with Crippen LogP contribution in [0.5, 0.6) is 0 Å². The summed E-state index contributed by atoms with van der Waals surface area (Å²) < 4.78 is 0. The molecule has 2 saturated heterocycles. The maximum absolute atomic E-state index is 11.7. The van der Waals surface area contributed by atoms with Crippen LogP contribution in [-0.4, -0.2) is 86.1 Å². The first-order chi connectivity index (χ1) is 9.95. The number of rotatable bonds is 4. The molecular formula is C16H32N4O. The molecule has 2 fully saturated rings. The lowest BCUT2D eigenvalue weighted by molar-refractivity contribution is -0.130. The highest BCUT2D eigenvalue weighted by molar-refractivity contribution is 5.77. The van der Waals surface area contributed by atoms with Gasteiger partial charge < -0.3 is 15.1 Å². The Morgan fingerprint density at radius 2 is 1.76 bits per heavy atom. The Labute approximate surface area is 129 Å². The van der Waals surface area contributed by atoms with Crippen LogP contribution in [0.15, 0.2) is 0 Å². The van der Waals surface area contributed by atoms with E-state index in [4.69, 9.17) is 0 Å². The molecule has 1 N–H and O–H groups in total. The molecule has 1 amide bonds. The van der Waals surface area contributed by atoms with Crippen molar-refractivity contribution in [3.8, 4) is 0 Å². The Morgan fingerprint density at radius 3 is 2.33 bits per heavy atom. The van der Waals surface area contributed by atoms with Gasteiger partial charge in [0, 0.05) is 45.3 Å². The molecule has 0 aromatic carbocycles. The minimum Gasteiger partial charge on any atom is -0.348 e. The van der Waals surface area contributed by atoms with Gasteiger partial charge in [0.2, 0.25) is 5.91 Å². The molecule has 2 aliphatic rings. The fourth-order valence-corrected chi connectivity index (χ4v) is 3.36. The summed E-state index contributed by atoms with van der Waals surface area (Å²) in [5.74, 6) is 0.213. The number of likely N-dealkylation sites (N-methyl/N-ethyl adjacent to an activating group) is 1. The fourth-order valence-electron chi connectivity index (χ4n) is 3.36. The molecule has 0 aliphatic carbocycles. The number of nitrogens with one attached hydrogen (secondary N) is 1. The van der Waals surface area contributed by atoms with E-state index in [1.165, 1.54) is 32.2 Å². The summed E-state index contributed by atoms with van der Waals surface area (Å²) in [4.78, 5) is 18.2. The smallest absolute Gasteiger partial charge is 0.236 e. The minimum atomic E-state index is 0.213. The monoisotopic (exact) mass is 296 g/mol. The molecule has 2 rings (SSSR count). The normalized spacial score (nSPS) is 29.5. The lowest BCUT2D eigenvalue weighted by Gasteiger charge is -2.39. The van der Waals surface area contributed by atoms with Crippen LogP contribution in [0, 0.1) is 0 Å². The summed E-state index contributed by atoms with van der Waals surface area (Å²) >= 11 is 0. The summed E-state index contributed by atoms with van der Waals surface area (Å²) in [5.41, 5.74) is 0. The number of hydrogen-bond donors (Lipinski definition) is 1. The summed E-state index contributed by atoms with van der Waals surface area (Å²) in [6.45, 7) is 6.18. The van der Waals surface area contributed by atoms with Crippen LogP contribution in [0.3, 0.4) is 0 Å². The number of nitrogens with zero attached hydrogens (tertiary/aromatic N) is 3. The lowest BCUT2D eigenvalue weighted by Crippen LogP contribution is -2.52. The molecule has 5 nitrogen and oxygen atoms in total. The van der Waals surface area contributed by atoms with Crippen LogP contribution in [0.4, 0.5) is 0 Å². The molecule has 2 atom stereocenters. The molecule has 2 heterocycles. The first-order valence-electron chi connectivity index (χ1n) is 8.34. The molecule has 2 aliphatic heterocycles. The number of likely N-dealkylation sites (tertiary alicyclic amines) is 2. The van der Waals surface area contributed by atoms with Crippen molar-refractivity contribution in [1.82, 2.24) is 20.0 Å². The SMILES string of the molecule is CC1CC(NC2CCN(CC(=O)N(C)C)CC2)CCN1C. The molecule has 0 spiro atoms. The van der Waals surface area contributed by atoms with E-state index in [1.54, 1.807) is 4.90 Å². The first-order valence-corrected chi connectivity index (χ1v) is 8.34. The standard InChI is InChI=1S/C16H32N4O/c1-13-11-15(5-8-19(13)4)17-14-6-9-20(10-7-14)12-16(21)18(2)3/h13-15,17H,5-12H2,1-4H3. The molecule has 0 aromatic rings. The van der Waals surface area contributed by atoms with Gasteiger partial charge in [0.05, 0.1) is 6.54 Å². The van der Waals surface area contributed by atoms with Crippen LogP contribution >= 0.6 is 0 Å². The largest absolute Gasteiger partial charge is 0.348 e. The third-order valence-electron chi connectivity index (χ3n) is 5.12. The Hall–Kier alpha value is -0.650. The van der Waals surface area contributed by atoms with Crippen molar-refractivity contribution >= 4 is 5.91 Å². The number of carbonyl (C=O) groups excluding carboxylic acids is 1. The zero-order chi connectivity index (χ0) is 15.4. The summed E-state index contributed by atoms with van der Waals surface area (Å²) in [6.07, 6.45) is 4.86. The maximum atomic E-state index is 11.7. The van der Waals surface area contributed by atoms with Crippen LogP contribution in [0.1, 0.15) is 32.6 Å². The van der Waals surface area contributed by atoms with Gasteiger partial charge in [0.15, 0.2) is 0 Å². The van der Waals surface area contributed by atoms with Gasteiger partial charge in [-0.15, -0.1) is 0 Å². The topological polar surface area (TPSA) is 38.8 Å². The van der Waals surface area contributed by atoms with Crippen LogP contribution < -0.4 is 5.32 Å². The molecule has 0 radical (unpaired) electrons. The predicted molar refractivity (Wildman–Crippen MR) is 86.4 cm³/mol. The molecule has 122 valence electrons. The van der Waals surface area contributed by atoms with Crippen LogP contribution in [0.2, 0.25) is 0 Å². The highest BCUT2D eigenvalue weighted by Gasteiger charge is 2.27. The van der Waals surface area contributed by atoms with E-state index in [2.05, 4.69) is 29.1 Å². The first kappa shape index (κ1) is 16.7. The third kappa shape index (κ3) is 4.94. The van der Waals surface area contributed by atoms with Gasteiger partial charge in [-0.05, 0) is 46.2 Å². The molecule has 0 bridgehead atoms. The van der Waals surface area contributed by atoms with E-state index in [1.807, 2.05) is 14.1 Å². The molecule has 0 aromatic heterocycles. The molecule has 0 saturated carbocycles. The van der Waals surface area contributed by atoms with Gasteiger partial charge in [0.25, 0.3) is 0 Å². The van der Waals surface area contributed by atoms with E-state index in [-0.39, 0.29) is 5.91 Å². The number of carbonyl (C=O) groups is 1. The summed E-state index contributed by atoms with van der Waals surface area (Å²) in [5, 5.41) is 3.86. The Kier molecular flexibility index (Phi) is 6.02. The second-order valence-corrected chi connectivity index (χ2v) is 7.06. The summed E-state index contributed by atoms with van der Waals surface area (Å²) in [7, 11) is 5.89. The highest BCUT2D eigenvalue weighted by atomic mass is 16.2. The third-order valence-corrected chi connectivity index (χ3v) is 5.12. The van der Waals surface area contributed by atoms with E-state index in [0.717, 1.165) is 13.1 Å². The van der Waals surface area contributed by atoms with E-state index < -0.39 is 0 Å². The second-order valence-electron chi connectivity index (χ2n) is 7.06. The number of amides is 1. The Bertz CT molecular complexity index is 339. The zero-order valence-electron chi connectivity index (χ0n) is 14.1. The second kappa shape index (κ2) is 7.56. The van der Waals surface area contributed by atoms with E-state index in [0.29, 0.717) is 24.7 Å². The van der Waals surface area contributed by atoms with Crippen molar-refractivity contribution in [3.63, 3.8) is 0 Å². The van der Waals surface area contributed by atoms with E-state index >= 15 is 0 Å². The van der Waals surface area contributed by atoms with Gasteiger partial charge in [-0.25, -0.2) is 0 Å². The predicted octanol–water partition coefficient (Wildman–Crippen LogP) is 0.611. The Morgan fingerprint density at radius 1 is 1.14 bits per heavy atom. The van der Waals surface area contributed by atoms with Crippen molar-refractivity contribution in [2.24, 2.45) is 0 Å². The average molecular weight is 296 g/mol. The van der Waals surface area contributed by atoms with Crippen molar-refractivity contribution < 1.29 is 4.79 Å². The van der Waals surface area contributed by atoms with Gasteiger partial charge in [-0.3, -0.25) is 9.69 Å². The van der Waals surface area contributed by atoms with Crippen LogP contribution in [0.25, 0.3) is 0 Å². The minimum absolute atomic E-state index is 0.213. The van der Waals surface area contributed by atoms with Gasteiger partial charge >= 0.3 is 0 Å². The highest BCUT2D eigenvalue weighted by Crippen LogP contribution is 2.18. The van der Waals surface area contributed by atoms with Crippen LogP contribution in [-0.2, 0) is 4.79 Å². The summed E-state index contributed by atoms with van der Waals surface area (Å²) in [6, 6.07) is 2.00. The fraction of sp³-hybridized carbons (Fsp3) is 0.938. The van der Waals surface area contributed by atoms with Gasteiger partial charge in [-0.2, -0.15) is 0 Å². The lowest BCUT2D eigenvalue weighted by atomic mass is 9.96. The molecule has 2 unspecified atom stereocenters. The van der Waals surface area contributed by atoms with Crippen molar-refractivity contribution in [2.75, 3.05) is 47.3 Å². The molecule has 5 heteroatoms. The van der Waals surface area contributed by atoms with Crippen molar-refractivity contribution in [3.05, 3.63) is 0 Å². The molecule has 21 heavy (non-hydrogen) atoms. The zero-order valence-corrected chi connectivity index (χ0v) is 14.1. The molecular weight excluding hydrogens is 264 g/mol. The average Bonchev–Trinajstić information content (AvgIpc) is 2.45.